The quantitative estimate of drug-likeness (QED) is 0.887. The zero-order chi connectivity index (χ0) is 13.6. The minimum atomic E-state index is 0.206. The van der Waals surface area contributed by atoms with Crippen molar-refractivity contribution in [2.24, 2.45) is 0 Å². The number of benzene rings is 1. The maximum atomic E-state index is 5.42. The van der Waals surface area contributed by atoms with Crippen LogP contribution in [-0.4, -0.2) is 51.8 Å². The van der Waals surface area contributed by atoms with Gasteiger partial charge in [-0.05, 0) is 18.4 Å². The van der Waals surface area contributed by atoms with E-state index in [1.54, 1.807) is 0 Å². The van der Waals surface area contributed by atoms with Crippen LogP contribution in [0, 0.1) is 0 Å². The molecule has 2 heterocycles. The second-order valence-corrected chi connectivity index (χ2v) is 4.96. The lowest BCUT2D eigenvalue weighted by atomic mass is 10.0. The molecule has 6 heteroatoms. The second-order valence-electron chi connectivity index (χ2n) is 4.96. The molecule has 0 saturated carbocycles. The maximum Gasteiger partial charge on any atom is 0.191 e. The summed E-state index contributed by atoms with van der Waals surface area (Å²) in [5, 5.41) is 14.6. The smallest absolute Gasteiger partial charge is 0.191 e. The van der Waals surface area contributed by atoms with Crippen molar-refractivity contribution < 1.29 is 4.74 Å². The van der Waals surface area contributed by atoms with Crippen LogP contribution in [0.25, 0.3) is 0 Å². The van der Waals surface area contributed by atoms with Crippen LogP contribution in [0.3, 0.4) is 0 Å². The van der Waals surface area contributed by atoms with E-state index in [4.69, 9.17) is 4.74 Å². The Balaban J connectivity index is 1.69. The number of aromatic amines is 1. The van der Waals surface area contributed by atoms with Crippen molar-refractivity contribution in [2.75, 3.05) is 26.3 Å². The van der Waals surface area contributed by atoms with Gasteiger partial charge in [-0.25, -0.2) is 0 Å². The number of aromatic nitrogens is 4. The molecule has 6 nitrogen and oxygen atoms in total. The van der Waals surface area contributed by atoms with E-state index in [0.717, 1.165) is 45.0 Å². The van der Waals surface area contributed by atoms with Crippen LogP contribution in [0.15, 0.2) is 30.3 Å². The number of tetrazole rings is 1. The number of hydrogen-bond acceptors (Lipinski definition) is 5. The number of ether oxygens (including phenoxy) is 1. The minimum Gasteiger partial charge on any atom is -0.379 e. The van der Waals surface area contributed by atoms with Gasteiger partial charge in [-0.1, -0.05) is 35.5 Å². The summed E-state index contributed by atoms with van der Waals surface area (Å²) in [6.07, 6.45) is 2.00. The van der Waals surface area contributed by atoms with E-state index in [9.17, 15) is 0 Å². The largest absolute Gasteiger partial charge is 0.379 e. The summed E-state index contributed by atoms with van der Waals surface area (Å²) in [5.74, 6) is 0.780. The zero-order valence-electron chi connectivity index (χ0n) is 11.4. The second kappa shape index (κ2) is 6.58. The van der Waals surface area contributed by atoms with Gasteiger partial charge >= 0.3 is 0 Å². The van der Waals surface area contributed by atoms with Gasteiger partial charge in [-0.2, -0.15) is 5.21 Å². The van der Waals surface area contributed by atoms with E-state index in [-0.39, 0.29) is 6.04 Å². The molecule has 2 aromatic rings. The Hall–Kier alpha value is -1.79. The number of nitrogens with zero attached hydrogens (tertiary/aromatic N) is 4. The van der Waals surface area contributed by atoms with Gasteiger partial charge in [0.1, 0.15) is 0 Å². The molecule has 20 heavy (non-hydrogen) atoms. The summed E-state index contributed by atoms with van der Waals surface area (Å²) < 4.78 is 5.42. The van der Waals surface area contributed by atoms with Gasteiger partial charge in [-0.3, -0.25) is 4.90 Å². The van der Waals surface area contributed by atoms with Crippen molar-refractivity contribution in [3.8, 4) is 0 Å². The lowest BCUT2D eigenvalue weighted by Gasteiger charge is -2.32. The molecule has 0 spiro atoms. The Bertz CT molecular complexity index is 496. The summed E-state index contributed by atoms with van der Waals surface area (Å²) in [7, 11) is 0. The van der Waals surface area contributed by atoms with Gasteiger partial charge < -0.3 is 4.74 Å². The Labute approximate surface area is 118 Å². The monoisotopic (exact) mass is 273 g/mol. The first-order valence-corrected chi connectivity index (χ1v) is 7.02. The van der Waals surface area contributed by atoms with E-state index < -0.39 is 0 Å². The molecule has 1 atom stereocenters. The van der Waals surface area contributed by atoms with Gasteiger partial charge in [0.25, 0.3) is 0 Å². The van der Waals surface area contributed by atoms with Gasteiger partial charge in [0.15, 0.2) is 5.82 Å². The average molecular weight is 273 g/mol. The van der Waals surface area contributed by atoms with E-state index in [1.165, 1.54) is 5.56 Å². The van der Waals surface area contributed by atoms with Crippen LogP contribution >= 0.6 is 0 Å². The first-order chi connectivity index (χ1) is 9.93. The fourth-order valence-corrected chi connectivity index (χ4v) is 2.62. The Morgan fingerprint density at radius 1 is 1.20 bits per heavy atom. The highest BCUT2D eigenvalue weighted by Gasteiger charge is 2.25. The molecular formula is C14H19N5O. The minimum absolute atomic E-state index is 0.206. The fourth-order valence-electron chi connectivity index (χ4n) is 2.62. The molecule has 1 N–H and O–H groups in total. The zero-order valence-corrected chi connectivity index (χ0v) is 11.4. The normalized spacial score (nSPS) is 18.0. The Morgan fingerprint density at radius 2 is 2.00 bits per heavy atom. The molecule has 1 aliphatic heterocycles. The summed E-state index contributed by atoms with van der Waals surface area (Å²) in [4.78, 5) is 2.39. The predicted octanol–water partition coefficient (Wildman–Crippen LogP) is 1.21. The fraction of sp³-hybridized carbons (Fsp3) is 0.500. The van der Waals surface area contributed by atoms with Crippen molar-refractivity contribution in [2.45, 2.75) is 18.9 Å². The molecule has 1 aromatic carbocycles. The summed E-state index contributed by atoms with van der Waals surface area (Å²) in [6, 6.07) is 10.7. The van der Waals surface area contributed by atoms with Crippen LogP contribution in [0.1, 0.15) is 23.9 Å². The third-order valence-corrected chi connectivity index (χ3v) is 3.70. The Morgan fingerprint density at radius 3 is 2.70 bits per heavy atom. The van der Waals surface area contributed by atoms with Gasteiger partial charge in [0.2, 0.25) is 0 Å². The molecule has 1 fully saturated rings. The highest BCUT2D eigenvalue weighted by atomic mass is 16.5. The van der Waals surface area contributed by atoms with Crippen LogP contribution in [0.5, 0.6) is 0 Å². The average Bonchev–Trinajstić information content (AvgIpc) is 3.04. The van der Waals surface area contributed by atoms with Gasteiger partial charge in [0.05, 0.1) is 19.3 Å². The van der Waals surface area contributed by atoms with Crippen molar-refractivity contribution in [1.29, 1.82) is 0 Å². The molecular weight excluding hydrogens is 254 g/mol. The van der Waals surface area contributed by atoms with Crippen molar-refractivity contribution >= 4 is 0 Å². The van der Waals surface area contributed by atoms with E-state index >= 15 is 0 Å². The molecule has 0 radical (unpaired) electrons. The molecule has 1 saturated heterocycles. The first kappa shape index (κ1) is 13.2. The van der Waals surface area contributed by atoms with Gasteiger partial charge in [-0.15, -0.1) is 10.2 Å². The van der Waals surface area contributed by atoms with Crippen molar-refractivity contribution in [3.63, 3.8) is 0 Å². The SMILES string of the molecule is c1ccc(CCC(c2nn[nH]n2)N2CCOCC2)cc1. The number of hydrogen-bond donors (Lipinski definition) is 1. The van der Waals surface area contributed by atoms with Crippen molar-refractivity contribution in [3.05, 3.63) is 41.7 Å². The summed E-state index contributed by atoms with van der Waals surface area (Å²) in [6.45, 7) is 3.40. The van der Waals surface area contributed by atoms with Crippen LogP contribution < -0.4 is 0 Å². The number of aryl methyl sites for hydroxylation is 1. The molecule has 0 aliphatic carbocycles. The molecule has 1 aromatic heterocycles. The van der Waals surface area contributed by atoms with E-state index in [1.807, 2.05) is 6.07 Å². The summed E-state index contributed by atoms with van der Waals surface area (Å²) in [5.41, 5.74) is 1.34. The molecule has 0 bridgehead atoms. The lowest BCUT2D eigenvalue weighted by molar-refractivity contribution is 0.0124. The molecule has 1 unspecified atom stereocenters. The molecule has 3 rings (SSSR count). The highest BCUT2D eigenvalue weighted by Crippen LogP contribution is 2.23. The van der Waals surface area contributed by atoms with E-state index in [2.05, 4.69) is 49.8 Å². The number of morpholine rings is 1. The Kier molecular flexibility index (Phi) is 4.35. The van der Waals surface area contributed by atoms with Crippen molar-refractivity contribution in [1.82, 2.24) is 25.5 Å². The predicted molar refractivity (Wildman–Crippen MR) is 74.1 cm³/mol. The van der Waals surface area contributed by atoms with Gasteiger partial charge in [0, 0.05) is 13.1 Å². The third kappa shape index (κ3) is 3.20. The highest BCUT2D eigenvalue weighted by molar-refractivity contribution is 5.15. The van der Waals surface area contributed by atoms with E-state index in [0.29, 0.717) is 0 Å². The first-order valence-electron chi connectivity index (χ1n) is 7.02. The molecule has 106 valence electrons. The van der Waals surface area contributed by atoms with Crippen LogP contribution in [-0.2, 0) is 11.2 Å². The molecule has 0 amide bonds. The standard InChI is InChI=1S/C14H19N5O/c1-2-4-12(5-3-1)6-7-13(14-15-17-18-16-14)19-8-10-20-11-9-19/h1-5,13H,6-11H2,(H,15,16,17,18). The topological polar surface area (TPSA) is 66.9 Å². The summed E-state index contributed by atoms with van der Waals surface area (Å²) >= 11 is 0. The maximum absolute atomic E-state index is 5.42. The lowest BCUT2D eigenvalue weighted by Crippen LogP contribution is -2.39. The molecule has 1 aliphatic rings. The number of rotatable bonds is 5. The number of nitrogens with one attached hydrogen (secondary N) is 1. The van der Waals surface area contributed by atoms with Crippen LogP contribution in [0.2, 0.25) is 0 Å². The number of H-pyrrole nitrogens is 1. The van der Waals surface area contributed by atoms with Crippen LogP contribution in [0.4, 0.5) is 0 Å². The third-order valence-electron chi connectivity index (χ3n) is 3.70.